The number of hydrogen-bond donors (Lipinski definition) is 2. The third-order valence-electron chi connectivity index (χ3n) is 2.73. The van der Waals surface area contributed by atoms with Gasteiger partial charge in [0.25, 0.3) is 0 Å². The molecule has 1 aliphatic rings. The average Bonchev–Trinajstić information content (AvgIpc) is 2.33. The largest absolute Gasteiger partial charge is 0.508 e. The number of benzene rings is 1. The Morgan fingerprint density at radius 3 is 2.69 bits per heavy atom. The Labute approximate surface area is 95.2 Å². The molecule has 16 heavy (non-hydrogen) atoms. The highest BCUT2D eigenvalue weighted by Gasteiger charge is 2.16. The highest BCUT2D eigenvalue weighted by molar-refractivity contribution is 5.45. The van der Waals surface area contributed by atoms with Gasteiger partial charge in [0.1, 0.15) is 11.9 Å². The second kappa shape index (κ2) is 5.07. The molecule has 1 aromatic rings. The van der Waals surface area contributed by atoms with Crippen molar-refractivity contribution >= 4 is 0 Å². The van der Waals surface area contributed by atoms with E-state index in [0.717, 1.165) is 25.9 Å². The van der Waals surface area contributed by atoms with Gasteiger partial charge in [0.15, 0.2) is 11.5 Å². The minimum absolute atomic E-state index is 0.189. The minimum atomic E-state index is 0.189. The van der Waals surface area contributed by atoms with Gasteiger partial charge in [-0.15, -0.1) is 0 Å². The normalized spacial score (nSPS) is 17.1. The lowest BCUT2D eigenvalue weighted by molar-refractivity contribution is 0.156. The number of hydrogen-bond acceptors (Lipinski definition) is 4. The van der Waals surface area contributed by atoms with Crippen molar-refractivity contribution in [1.29, 1.82) is 0 Å². The fraction of sp³-hybridized carbons (Fsp3) is 0.500. The molecule has 88 valence electrons. The lowest BCUT2D eigenvalue weighted by atomic mass is 10.1. The number of nitrogens with one attached hydrogen (secondary N) is 1. The molecule has 0 atom stereocenters. The summed E-state index contributed by atoms with van der Waals surface area (Å²) < 4.78 is 11.0. The predicted molar refractivity (Wildman–Crippen MR) is 61.2 cm³/mol. The number of phenolic OH excluding ortho intramolecular Hbond substituents is 1. The molecule has 0 aromatic heterocycles. The lowest BCUT2D eigenvalue weighted by Crippen LogP contribution is -2.34. The topological polar surface area (TPSA) is 50.7 Å². The second-order valence-corrected chi connectivity index (χ2v) is 3.90. The molecule has 1 saturated heterocycles. The van der Waals surface area contributed by atoms with Gasteiger partial charge in [-0.25, -0.2) is 0 Å². The van der Waals surface area contributed by atoms with Crippen LogP contribution in [-0.4, -0.2) is 31.4 Å². The molecule has 0 bridgehead atoms. The molecule has 2 N–H and O–H groups in total. The van der Waals surface area contributed by atoms with E-state index < -0.39 is 0 Å². The summed E-state index contributed by atoms with van der Waals surface area (Å²) in [6, 6.07) is 4.92. The van der Waals surface area contributed by atoms with Gasteiger partial charge in [0.05, 0.1) is 7.11 Å². The Hall–Kier alpha value is -1.42. The van der Waals surface area contributed by atoms with E-state index in [4.69, 9.17) is 9.47 Å². The van der Waals surface area contributed by atoms with E-state index in [1.165, 1.54) is 0 Å². The van der Waals surface area contributed by atoms with Crippen LogP contribution >= 0.6 is 0 Å². The molecule has 0 saturated carbocycles. The van der Waals surface area contributed by atoms with E-state index >= 15 is 0 Å². The molecule has 4 nitrogen and oxygen atoms in total. The minimum Gasteiger partial charge on any atom is -0.508 e. The molecule has 0 radical (unpaired) electrons. The van der Waals surface area contributed by atoms with Crippen LogP contribution in [0.4, 0.5) is 0 Å². The maximum Gasteiger partial charge on any atom is 0.164 e. The molecule has 0 unspecified atom stereocenters. The van der Waals surface area contributed by atoms with E-state index in [1.807, 2.05) is 0 Å². The summed E-state index contributed by atoms with van der Waals surface area (Å²) in [5.74, 6) is 1.47. The first-order valence-corrected chi connectivity index (χ1v) is 5.54. The number of ether oxygens (including phenoxy) is 2. The van der Waals surface area contributed by atoms with Crippen LogP contribution in [0.25, 0.3) is 0 Å². The zero-order chi connectivity index (χ0) is 11.4. The maximum atomic E-state index is 9.33. The van der Waals surface area contributed by atoms with E-state index in [1.54, 1.807) is 25.3 Å². The number of piperidine rings is 1. The van der Waals surface area contributed by atoms with Gasteiger partial charge in [-0.05, 0) is 38.1 Å². The van der Waals surface area contributed by atoms with Gasteiger partial charge in [0, 0.05) is 6.07 Å². The summed E-state index contributed by atoms with van der Waals surface area (Å²) >= 11 is 0. The smallest absolute Gasteiger partial charge is 0.164 e. The van der Waals surface area contributed by atoms with Gasteiger partial charge in [-0.3, -0.25) is 0 Å². The van der Waals surface area contributed by atoms with E-state index in [-0.39, 0.29) is 11.9 Å². The summed E-state index contributed by atoms with van der Waals surface area (Å²) in [6.07, 6.45) is 2.24. The van der Waals surface area contributed by atoms with Crippen molar-refractivity contribution in [2.75, 3.05) is 20.2 Å². The third-order valence-corrected chi connectivity index (χ3v) is 2.73. The molecular weight excluding hydrogens is 206 g/mol. The molecule has 4 heteroatoms. The van der Waals surface area contributed by atoms with Crippen molar-refractivity contribution in [1.82, 2.24) is 5.32 Å². The standard InChI is InChI=1S/C12H17NO3/c1-15-12-8-9(14)2-3-11(12)16-10-4-6-13-7-5-10/h2-3,8,10,13-14H,4-7H2,1H3. The third kappa shape index (κ3) is 2.58. The molecule has 0 spiro atoms. The summed E-state index contributed by atoms with van der Waals surface area (Å²) in [4.78, 5) is 0. The van der Waals surface area contributed by atoms with Crippen molar-refractivity contribution in [2.45, 2.75) is 18.9 Å². The Morgan fingerprint density at radius 1 is 1.25 bits per heavy atom. The van der Waals surface area contributed by atoms with Crippen LogP contribution < -0.4 is 14.8 Å². The van der Waals surface area contributed by atoms with Crippen LogP contribution in [0.2, 0.25) is 0 Å². The van der Waals surface area contributed by atoms with Crippen LogP contribution in [0, 0.1) is 0 Å². The molecule has 1 heterocycles. The van der Waals surface area contributed by atoms with E-state index in [9.17, 15) is 5.11 Å². The number of aromatic hydroxyl groups is 1. The van der Waals surface area contributed by atoms with Crippen LogP contribution in [0.1, 0.15) is 12.8 Å². The van der Waals surface area contributed by atoms with Gasteiger partial charge >= 0.3 is 0 Å². The first kappa shape index (κ1) is 11.1. The first-order valence-electron chi connectivity index (χ1n) is 5.54. The van der Waals surface area contributed by atoms with Gasteiger partial charge in [-0.1, -0.05) is 0 Å². The Balaban J connectivity index is 2.07. The lowest BCUT2D eigenvalue weighted by Gasteiger charge is -2.24. The highest BCUT2D eigenvalue weighted by atomic mass is 16.5. The number of methoxy groups -OCH3 is 1. The Morgan fingerprint density at radius 2 is 2.00 bits per heavy atom. The maximum absolute atomic E-state index is 9.33. The molecule has 0 amide bonds. The monoisotopic (exact) mass is 223 g/mol. The molecular formula is C12H17NO3. The van der Waals surface area contributed by atoms with Crippen molar-refractivity contribution in [3.63, 3.8) is 0 Å². The zero-order valence-electron chi connectivity index (χ0n) is 9.40. The quantitative estimate of drug-likeness (QED) is 0.816. The second-order valence-electron chi connectivity index (χ2n) is 3.90. The predicted octanol–water partition coefficient (Wildman–Crippen LogP) is 1.53. The van der Waals surface area contributed by atoms with Gasteiger partial charge in [0.2, 0.25) is 0 Å². The Bertz CT molecular complexity index is 348. The van der Waals surface area contributed by atoms with Crippen molar-refractivity contribution in [3.05, 3.63) is 18.2 Å². The van der Waals surface area contributed by atoms with Crippen molar-refractivity contribution in [3.8, 4) is 17.2 Å². The van der Waals surface area contributed by atoms with Gasteiger partial charge in [-0.2, -0.15) is 0 Å². The first-order chi connectivity index (χ1) is 7.79. The molecule has 1 aromatic carbocycles. The summed E-state index contributed by atoms with van der Waals surface area (Å²) in [6.45, 7) is 1.98. The fourth-order valence-electron chi connectivity index (χ4n) is 1.85. The van der Waals surface area contributed by atoms with E-state index in [2.05, 4.69) is 5.32 Å². The van der Waals surface area contributed by atoms with Crippen LogP contribution in [0.5, 0.6) is 17.2 Å². The summed E-state index contributed by atoms with van der Waals surface area (Å²) in [5, 5.41) is 12.6. The van der Waals surface area contributed by atoms with Crippen LogP contribution in [0.15, 0.2) is 18.2 Å². The Kier molecular flexibility index (Phi) is 3.51. The summed E-state index contributed by atoms with van der Waals surface area (Å²) in [5.41, 5.74) is 0. The fourth-order valence-corrected chi connectivity index (χ4v) is 1.85. The number of phenols is 1. The number of rotatable bonds is 3. The summed E-state index contributed by atoms with van der Waals surface area (Å²) in [7, 11) is 1.57. The van der Waals surface area contributed by atoms with Crippen LogP contribution in [0.3, 0.4) is 0 Å². The van der Waals surface area contributed by atoms with E-state index in [0.29, 0.717) is 11.5 Å². The molecule has 0 aliphatic carbocycles. The molecule has 1 aliphatic heterocycles. The van der Waals surface area contributed by atoms with Crippen LogP contribution in [-0.2, 0) is 0 Å². The molecule has 1 fully saturated rings. The highest BCUT2D eigenvalue weighted by Crippen LogP contribution is 2.32. The SMILES string of the molecule is COc1cc(O)ccc1OC1CCNCC1. The van der Waals surface area contributed by atoms with Crippen molar-refractivity contribution in [2.24, 2.45) is 0 Å². The molecule has 2 rings (SSSR count). The zero-order valence-corrected chi connectivity index (χ0v) is 9.40. The van der Waals surface area contributed by atoms with Crippen molar-refractivity contribution < 1.29 is 14.6 Å². The average molecular weight is 223 g/mol. The van der Waals surface area contributed by atoms with Gasteiger partial charge < -0.3 is 19.9 Å².